The largest absolute Gasteiger partial charge is 0.465 e. The zero-order valence-corrected chi connectivity index (χ0v) is 8.15. The highest BCUT2D eigenvalue weighted by Crippen LogP contribution is 2.30. The number of nitrogens with zero attached hydrogens (tertiary/aromatic N) is 1. The second kappa shape index (κ2) is 4.65. The number of carbonyl (C=O) groups excluding carboxylic acids is 1. The Hall–Kier alpha value is -2.05. The van der Waals surface area contributed by atoms with Crippen LogP contribution in [0, 0.1) is 10.1 Å². The first-order valence-corrected chi connectivity index (χ1v) is 4.12. The quantitative estimate of drug-likeness (QED) is 0.454. The normalized spacial score (nSPS) is 10.2. The maximum Gasteiger partial charge on any atom is 0.345 e. The van der Waals surface area contributed by atoms with Crippen molar-refractivity contribution < 1.29 is 23.2 Å². The van der Waals surface area contributed by atoms with E-state index >= 15 is 0 Å². The number of rotatable bonds is 3. The van der Waals surface area contributed by atoms with E-state index in [2.05, 4.69) is 4.74 Å². The highest BCUT2D eigenvalue weighted by atomic mass is 19.3. The minimum Gasteiger partial charge on any atom is -0.465 e. The Morgan fingerprint density at radius 2 is 2.12 bits per heavy atom. The van der Waals surface area contributed by atoms with Crippen molar-refractivity contribution in [1.29, 1.82) is 0 Å². The zero-order chi connectivity index (χ0) is 12.3. The summed E-state index contributed by atoms with van der Waals surface area (Å²) >= 11 is 0. The number of hydrogen-bond donors (Lipinski definition) is 0. The molecular weight excluding hydrogens is 224 g/mol. The van der Waals surface area contributed by atoms with Gasteiger partial charge in [0, 0.05) is 11.6 Å². The predicted octanol–water partition coefficient (Wildman–Crippen LogP) is 2.32. The van der Waals surface area contributed by atoms with Crippen molar-refractivity contribution in [2.24, 2.45) is 0 Å². The van der Waals surface area contributed by atoms with E-state index in [-0.39, 0.29) is 0 Å². The molecular formula is C9H7F2NO4. The van der Waals surface area contributed by atoms with E-state index in [1.165, 1.54) is 0 Å². The Bertz CT molecular complexity index is 434. The van der Waals surface area contributed by atoms with Crippen LogP contribution in [0.3, 0.4) is 0 Å². The van der Waals surface area contributed by atoms with Gasteiger partial charge in [-0.05, 0) is 0 Å². The molecule has 0 aromatic heterocycles. The Morgan fingerprint density at radius 1 is 1.50 bits per heavy atom. The lowest BCUT2D eigenvalue weighted by atomic mass is 10.1. The summed E-state index contributed by atoms with van der Waals surface area (Å²) in [6, 6.07) is 3.01. The van der Waals surface area contributed by atoms with Crippen LogP contribution in [-0.2, 0) is 4.74 Å². The molecule has 0 fully saturated rings. The minimum atomic E-state index is -2.98. The van der Waals surface area contributed by atoms with Crippen LogP contribution in [0.15, 0.2) is 18.2 Å². The van der Waals surface area contributed by atoms with Gasteiger partial charge in [-0.3, -0.25) is 10.1 Å². The molecule has 0 atom stereocenters. The molecule has 0 radical (unpaired) electrons. The standard InChI is InChI=1S/C9H7F2NO4/c1-16-9(13)7-5(8(10)11)3-2-4-6(7)12(14)15/h2-4,8H,1H3. The maximum atomic E-state index is 12.5. The molecule has 0 aliphatic heterocycles. The van der Waals surface area contributed by atoms with E-state index in [4.69, 9.17) is 0 Å². The second-order valence-corrected chi connectivity index (χ2v) is 2.79. The smallest absolute Gasteiger partial charge is 0.345 e. The van der Waals surface area contributed by atoms with Crippen LogP contribution in [0.2, 0.25) is 0 Å². The van der Waals surface area contributed by atoms with E-state index in [9.17, 15) is 23.7 Å². The molecule has 1 aromatic rings. The fourth-order valence-corrected chi connectivity index (χ4v) is 1.22. The van der Waals surface area contributed by atoms with Crippen molar-refractivity contribution in [3.63, 3.8) is 0 Å². The SMILES string of the molecule is COC(=O)c1c(C(F)F)cccc1[N+](=O)[O-]. The van der Waals surface area contributed by atoms with Gasteiger partial charge in [-0.2, -0.15) is 0 Å². The third kappa shape index (κ3) is 2.13. The Labute approximate surface area is 88.8 Å². The van der Waals surface area contributed by atoms with Crippen molar-refractivity contribution in [2.75, 3.05) is 7.11 Å². The molecule has 0 saturated heterocycles. The fourth-order valence-electron chi connectivity index (χ4n) is 1.22. The minimum absolute atomic E-state index is 0.690. The van der Waals surface area contributed by atoms with E-state index < -0.39 is 34.1 Å². The fraction of sp³-hybridized carbons (Fsp3) is 0.222. The molecule has 16 heavy (non-hydrogen) atoms. The summed E-state index contributed by atoms with van der Waals surface area (Å²) in [7, 11) is 0.967. The Balaban J connectivity index is 3.47. The third-order valence-electron chi connectivity index (χ3n) is 1.90. The molecule has 0 amide bonds. The Morgan fingerprint density at radius 3 is 2.56 bits per heavy atom. The number of esters is 1. The van der Waals surface area contributed by atoms with Gasteiger partial charge < -0.3 is 4.74 Å². The van der Waals surface area contributed by atoms with Crippen LogP contribution < -0.4 is 0 Å². The number of ether oxygens (including phenoxy) is 1. The molecule has 7 heteroatoms. The van der Waals surface area contributed by atoms with Gasteiger partial charge in [0.2, 0.25) is 0 Å². The molecule has 0 aliphatic rings. The van der Waals surface area contributed by atoms with Crippen molar-refractivity contribution >= 4 is 11.7 Å². The molecule has 1 rings (SSSR count). The number of hydrogen-bond acceptors (Lipinski definition) is 4. The molecule has 0 spiro atoms. The van der Waals surface area contributed by atoms with Crippen LogP contribution in [0.25, 0.3) is 0 Å². The maximum absolute atomic E-state index is 12.5. The van der Waals surface area contributed by atoms with Crippen molar-refractivity contribution in [1.82, 2.24) is 0 Å². The lowest BCUT2D eigenvalue weighted by Gasteiger charge is -2.06. The van der Waals surface area contributed by atoms with Gasteiger partial charge in [0.25, 0.3) is 12.1 Å². The second-order valence-electron chi connectivity index (χ2n) is 2.79. The van der Waals surface area contributed by atoms with E-state index in [0.29, 0.717) is 0 Å². The summed E-state index contributed by atoms with van der Waals surface area (Å²) in [5.74, 6) is -1.15. The zero-order valence-electron chi connectivity index (χ0n) is 8.15. The van der Waals surface area contributed by atoms with Gasteiger partial charge in [-0.1, -0.05) is 12.1 Å². The average molecular weight is 231 g/mol. The summed E-state index contributed by atoms with van der Waals surface area (Å²) in [6.07, 6.45) is -2.98. The predicted molar refractivity (Wildman–Crippen MR) is 49.4 cm³/mol. The van der Waals surface area contributed by atoms with Crippen LogP contribution in [0.4, 0.5) is 14.5 Å². The summed E-state index contributed by atoms with van der Waals surface area (Å²) < 4.78 is 29.3. The van der Waals surface area contributed by atoms with Crippen molar-refractivity contribution in [3.8, 4) is 0 Å². The highest BCUT2D eigenvalue weighted by Gasteiger charge is 2.28. The third-order valence-corrected chi connectivity index (χ3v) is 1.90. The van der Waals surface area contributed by atoms with Crippen LogP contribution in [-0.4, -0.2) is 18.0 Å². The number of nitro groups is 1. The number of benzene rings is 1. The van der Waals surface area contributed by atoms with E-state index in [1.54, 1.807) is 0 Å². The average Bonchev–Trinajstić information content (AvgIpc) is 2.26. The summed E-state index contributed by atoms with van der Waals surface area (Å²) in [6.45, 7) is 0. The number of halogens is 2. The van der Waals surface area contributed by atoms with Crippen LogP contribution >= 0.6 is 0 Å². The van der Waals surface area contributed by atoms with Crippen LogP contribution in [0.1, 0.15) is 22.3 Å². The van der Waals surface area contributed by atoms with Crippen molar-refractivity contribution in [2.45, 2.75) is 6.43 Å². The molecule has 0 bridgehead atoms. The van der Waals surface area contributed by atoms with Crippen LogP contribution in [0.5, 0.6) is 0 Å². The number of carbonyl (C=O) groups is 1. The molecule has 0 saturated carbocycles. The molecule has 86 valence electrons. The molecule has 0 unspecified atom stereocenters. The Kier molecular flexibility index (Phi) is 3.49. The lowest BCUT2D eigenvalue weighted by molar-refractivity contribution is -0.385. The van der Waals surface area contributed by atoms with E-state index in [0.717, 1.165) is 25.3 Å². The number of nitro benzene ring substituents is 1. The molecule has 5 nitrogen and oxygen atoms in total. The molecule has 0 N–H and O–H groups in total. The monoisotopic (exact) mass is 231 g/mol. The van der Waals surface area contributed by atoms with Crippen molar-refractivity contribution in [3.05, 3.63) is 39.4 Å². The molecule has 0 heterocycles. The molecule has 0 aliphatic carbocycles. The van der Waals surface area contributed by atoms with Gasteiger partial charge in [0.1, 0.15) is 5.56 Å². The lowest BCUT2D eigenvalue weighted by Crippen LogP contribution is -2.09. The molecule has 1 aromatic carbocycles. The number of alkyl halides is 2. The van der Waals surface area contributed by atoms with E-state index in [1.807, 2.05) is 0 Å². The first kappa shape index (κ1) is 12.0. The van der Waals surface area contributed by atoms with Gasteiger partial charge >= 0.3 is 5.97 Å². The van der Waals surface area contributed by atoms with Gasteiger partial charge in [-0.15, -0.1) is 0 Å². The van der Waals surface area contributed by atoms with Gasteiger partial charge in [-0.25, -0.2) is 13.6 Å². The first-order chi connectivity index (χ1) is 7.49. The topological polar surface area (TPSA) is 69.4 Å². The highest BCUT2D eigenvalue weighted by molar-refractivity contribution is 5.95. The van der Waals surface area contributed by atoms with Gasteiger partial charge in [0.15, 0.2) is 0 Å². The van der Waals surface area contributed by atoms with Gasteiger partial charge in [0.05, 0.1) is 12.0 Å². The first-order valence-electron chi connectivity index (χ1n) is 4.12. The number of methoxy groups -OCH3 is 1. The summed E-state index contributed by atoms with van der Waals surface area (Å²) in [5.41, 5.74) is -2.10. The summed E-state index contributed by atoms with van der Waals surface area (Å²) in [4.78, 5) is 20.9. The summed E-state index contributed by atoms with van der Waals surface area (Å²) in [5, 5.41) is 10.6.